The van der Waals surface area contributed by atoms with Crippen LogP contribution in [0, 0.1) is 0 Å². The Kier molecular flexibility index (Phi) is 6.91. The Bertz CT molecular complexity index is 65.9. The molecule has 0 heterocycles. The first kappa shape index (κ1) is 9.88. The zero-order chi connectivity index (χ0) is 7.82. The first-order valence-electron chi connectivity index (χ1n) is 3.94. The Morgan fingerprint density at radius 3 is 2.50 bits per heavy atom. The second kappa shape index (κ2) is 6.99. The summed E-state index contributed by atoms with van der Waals surface area (Å²) in [6.07, 6.45) is 2.10. The minimum absolute atomic E-state index is 0.538. The maximum Gasteiger partial charge on any atom is 0.00507 e. The van der Waals surface area contributed by atoms with Crippen LogP contribution in [0.2, 0.25) is 0 Å². The van der Waals surface area contributed by atoms with Crippen molar-refractivity contribution >= 4 is 0 Å². The number of hydrogen-bond donors (Lipinski definition) is 3. The highest BCUT2D eigenvalue weighted by molar-refractivity contribution is 4.60. The zero-order valence-corrected chi connectivity index (χ0v) is 6.77. The molecule has 0 radical (unpaired) electrons. The van der Waals surface area contributed by atoms with Crippen LogP contribution in [0.15, 0.2) is 0 Å². The molecule has 3 heteroatoms. The van der Waals surface area contributed by atoms with Crippen molar-refractivity contribution in [3.8, 4) is 0 Å². The van der Waals surface area contributed by atoms with E-state index < -0.39 is 0 Å². The Balaban J connectivity index is 2.97. The summed E-state index contributed by atoms with van der Waals surface area (Å²) in [6.45, 7) is 4.68. The lowest BCUT2D eigenvalue weighted by molar-refractivity contribution is 0.514. The topological polar surface area (TPSA) is 64.1 Å². The molecule has 0 rings (SSSR count). The summed E-state index contributed by atoms with van der Waals surface area (Å²) in [6, 6.07) is 0.538. The Labute approximate surface area is 63.2 Å². The SMILES string of the molecule is C[C@@H](CCN)NCCCN. The van der Waals surface area contributed by atoms with Gasteiger partial charge in [-0.05, 0) is 39.4 Å². The van der Waals surface area contributed by atoms with Crippen LogP contribution in [-0.2, 0) is 0 Å². The molecule has 0 unspecified atom stereocenters. The molecule has 3 nitrogen and oxygen atoms in total. The lowest BCUT2D eigenvalue weighted by Gasteiger charge is -2.11. The van der Waals surface area contributed by atoms with Gasteiger partial charge in [0.2, 0.25) is 0 Å². The van der Waals surface area contributed by atoms with Gasteiger partial charge in [-0.2, -0.15) is 0 Å². The molecule has 0 aliphatic rings. The van der Waals surface area contributed by atoms with Gasteiger partial charge in [0.05, 0.1) is 0 Å². The molecule has 0 bridgehead atoms. The summed E-state index contributed by atoms with van der Waals surface area (Å²) in [5, 5.41) is 3.32. The lowest BCUT2D eigenvalue weighted by Crippen LogP contribution is -2.30. The molecule has 0 aliphatic carbocycles. The third-order valence-corrected chi connectivity index (χ3v) is 1.47. The van der Waals surface area contributed by atoms with E-state index in [1.54, 1.807) is 0 Å². The molecule has 0 aromatic rings. The minimum atomic E-state index is 0.538. The van der Waals surface area contributed by atoms with E-state index >= 15 is 0 Å². The fourth-order valence-electron chi connectivity index (χ4n) is 0.803. The fourth-order valence-corrected chi connectivity index (χ4v) is 0.803. The first-order valence-corrected chi connectivity index (χ1v) is 3.94. The van der Waals surface area contributed by atoms with Gasteiger partial charge in [0.15, 0.2) is 0 Å². The van der Waals surface area contributed by atoms with Gasteiger partial charge >= 0.3 is 0 Å². The standard InChI is InChI=1S/C7H19N3/c1-7(3-5-9)10-6-2-4-8/h7,10H,2-6,8-9H2,1H3/t7-/m0/s1. The molecule has 1 atom stereocenters. The van der Waals surface area contributed by atoms with Crippen molar-refractivity contribution in [1.82, 2.24) is 5.32 Å². The van der Waals surface area contributed by atoms with Gasteiger partial charge in [-0.15, -0.1) is 0 Å². The van der Waals surface area contributed by atoms with E-state index in [9.17, 15) is 0 Å². The maximum absolute atomic E-state index is 5.37. The van der Waals surface area contributed by atoms with Crippen LogP contribution >= 0.6 is 0 Å². The summed E-state index contributed by atoms with van der Waals surface area (Å²) in [4.78, 5) is 0. The number of nitrogens with one attached hydrogen (secondary N) is 1. The average Bonchev–Trinajstić information content (AvgIpc) is 1.89. The molecule has 0 saturated carbocycles. The first-order chi connectivity index (χ1) is 4.81. The third-order valence-electron chi connectivity index (χ3n) is 1.47. The van der Waals surface area contributed by atoms with Gasteiger partial charge in [0, 0.05) is 6.04 Å². The van der Waals surface area contributed by atoms with E-state index in [1.165, 1.54) is 0 Å². The van der Waals surface area contributed by atoms with Gasteiger partial charge in [0.1, 0.15) is 0 Å². The molecule has 10 heavy (non-hydrogen) atoms. The second-order valence-corrected chi connectivity index (χ2v) is 2.57. The van der Waals surface area contributed by atoms with E-state index in [2.05, 4.69) is 12.2 Å². The van der Waals surface area contributed by atoms with Crippen molar-refractivity contribution in [2.45, 2.75) is 25.8 Å². The molecular formula is C7H19N3. The second-order valence-electron chi connectivity index (χ2n) is 2.57. The fraction of sp³-hybridized carbons (Fsp3) is 1.00. The van der Waals surface area contributed by atoms with Crippen molar-refractivity contribution in [2.24, 2.45) is 11.5 Å². The molecule has 5 N–H and O–H groups in total. The van der Waals surface area contributed by atoms with Gasteiger partial charge in [-0.3, -0.25) is 0 Å². The molecule has 0 spiro atoms. The number of nitrogens with two attached hydrogens (primary N) is 2. The predicted molar refractivity (Wildman–Crippen MR) is 44.8 cm³/mol. The van der Waals surface area contributed by atoms with E-state index in [-0.39, 0.29) is 0 Å². The van der Waals surface area contributed by atoms with Gasteiger partial charge < -0.3 is 16.8 Å². The average molecular weight is 145 g/mol. The predicted octanol–water partition coefficient (Wildman–Crippen LogP) is -0.338. The van der Waals surface area contributed by atoms with Crippen LogP contribution in [-0.4, -0.2) is 25.7 Å². The highest BCUT2D eigenvalue weighted by atomic mass is 14.9. The van der Waals surface area contributed by atoms with Crippen molar-refractivity contribution in [3.63, 3.8) is 0 Å². The van der Waals surface area contributed by atoms with Crippen LogP contribution in [0.3, 0.4) is 0 Å². The molecule has 0 saturated heterocycles. The third kappa shape index (κ3) is 6.01. The zero-order valence-electron chi connectivity index (χ0n) is 6.77. The van der Waals surface area contributed by atoms with Crippen LogP contribution in [0.1, 0.15) is 19.8 Å². The van der Waals surface area contributed by atoms with Gasteiger partial charge in [-0.1, -0.05) is 0 Å². The summed E-state index contributed by atoms with van der Waals surface area (Å²) in [5.74, 6) is 0. The van der Waals surface area contributed by atoms with Gasteiger partial charge in [-0.25, -0.2) is 0 Å². The molecule has 0 aliphatic heterocycles. The molecule has 0 fully saturated rings. The Morgan fingerprint density at radius 1 is 1.30 bits per heavy atom. The van der Waals surface area contributed by atoms with Crippen molar-refractivity contribution in [1.29, 1.82) is 0 Å². The van der Waals surface area contributed by atoms with Crippen LogP contribution in [0.4, 0.5) is 0 Å². The minimum Gasteiger partial charge on any atom is -0.330 e. The molecule has 62 valence electrons. The van der Waals surface area contributed by atoms with E-state index in [0.717, 1.165) is 32.5 Å². The summed E-state index contributed by atoms with van der Waals surface area (Å²) in [7, 11) is 0. The van der Waals surface area contributed by atoms with Crippen LogP contribution < -0.4 is 16.8 Å². The summed E-state index contributed by atoms with van der Waals surface area (Å²) in [5.41, 5.74) is 10.7. The van der Waals surface area contributed by atoms with E-state index in [0.29, 0.717) is 6.04 Å². The number of rotatable bonds is 6. The Morgan fingerprint density at radius 2 is 2.00 bits per heavy atom. The lowest BCUT2D eigenvalue weighted by atomic mass is 10.2. The summed E-state index contributed by atoms with van der Waals surface area (Å²) >= 11 is 0. The Hall–Kier alpha value is -0.120. The van der Waals surface area contributed by atoms with E-state index in [4.69, 9.17) is 11.5 Å². The monoisotopic (exact) mass is 145 g/mol. The molecule has 0 amide bonds. The molecular weight excluding hydrogens is 126 g/mol. The molecule has 0 aromatic carbocycles. The highest BCUT2D eigenvalue weighted by Gasteiger charge is 1.96. The largest absolute Gasteiger partial charge is 0.330 e. The van der Waals surface area contributed by atoms with Gasteiger partial charge in [0.25, 0.3) is 0 Å². The van der Waals surface area contributed by atoms with Crippen LogP contribution in [0.25, 0.3) is 0 Å². The smallest absolute Gasteiger partial charge is 0.00507 e. The highest BCUT2D eigenvalue weighted by Crippen LogP contribution is 1.86. The van der Waals surface area contributed by atoms with Crippen LogP contribution in [0.5, 0.6) is 0 Å². The maximum atomic E-state index is 5.37. The van der Waals surface area contributed by atoms with E-state index in [1.807, 2.05) is 0 Å². The normalized spacial score (nSPS) is 13.5. The molecule has 0 aromatic heterocycles. The van der Waals surface area contributed by atoms with Crippen molar-refractivity contribution in [2.75, 3.05) is 19.6 Å². The quantitative estimate of drug-likeness (QED) is 0.448. The van der Waals surface area contributed by atoms with Crippen molar-refractivity contribution in [3.05, 3.63) is 0 Å². The van der Waals surface area contributed by atoms with Crippen molar-refractivity contribution < 1.29 is 0 Å². The summed E-state index contributed by atoms with van der Waals surface area (Å²) < 4.78 is 0. The number of hydrogen-bond acceptors (Lipinski definition) is 3.